The molecule has 39 heavy (non-hydrogen) atoms. The lowest BCUT2D eigenvalue weighted by atomic mass is 10.0. The molecule has 5 heteroatoms. The monoisotopic (exact) mass is 543 g/mol. The second-order valence-electron chi connectivity index (χ2n) is 11.7. The molecule has 1 N–H and O–H groups in total. The molecule has 1 aliphatic rings. The lowest BCUT2D eigenvalue weighted by molar-refractivity contribution is 0.0361. The van der Waals surface area contributed by atoms with E-state index >= 15 is 0 Å². The van der Waals surface area contributed by atoms with Gasteiger partial charge in [-0.05, 0) is 31.0 Å². The molecule has 1 heterocycles. The van der Waals surface area contributed by atoms with Crippen molar-refractivity contribution in [2.45, 2.75) is 123 Å². The summed E-state index contributed by atoms with van der Waals surface area (Å²) in [5, 5.41) is 3.58. The van der Waals surface area contributed by atoms with Crippen LogP contribution in [0.4, 0.5) is 0 Å². The van der Waals surface area contributed by atoms with Crippen molar-refractivity contribution in [1.29, 1.82) is 0 Å². The Bertz CT molecular complexity index is 720. The SMILES string of the molecule is CCCCCCCCCCCCCCCCCCNCc1ccccc1C(=O)N(C)CCCN1CCOCC1. The maximum absolute atomic E-state index is 13.1. The van der Waals surface area contributed by atoms with Crippen LogP contribution in [0.15, 0.2) is 24.3 Å². The fourth-order valence-electron chi connectivity index (χ4n) is 5.57. The number of unbranched alkanes of at least 4 members (excludes halogenated alkanes) is 15. The number of amides is 1. The summed E-state index contributed by atoms with van der Waals surface area (Å²) in [7, 11) is 1.93. The zero-order valence-corrected chi connectivity index (χ0v) is 25.7. The number of hydrogen-bond acceptors (Lipinski definition) is 4. The van der Waals surface area contributed by atoms with Gasteiger partial charge in [0, 0.05) is 45.3 Å². The van der Waals surface area contributed by atoms with Crippen LogP contribution in [-0.2, 0) is 11.3 Å². The van der Waals surface area contributed by atoms with Crippen molar-refractivity contribution >= 4 is 5.91 Å². The maximum Gasteiger partial charge on any atom is 0.253 e. The summed E-state index contributed by atoms with van der Waals surface area (Å²) < 4.78 is 5.42. The van der Waals surface area contributed by atoms with Crippen molar-refractivity contribution in [1.82, 2.24) is 15.1 Å². The van der Waals surface area contributed by atoms with Crippen LogP contribution in [0.25, 0.3) is 0 Å². The number of rotatable bonds is 24. The molecule has 2 rings (SSSR count). The molecule has 0 aromatic heterocycles. The Morgan fingerprint density at radius 2 is 1.33 bits per heavy atom. The summed E-state index contributed by atoms with van der Waals surface area (Å²) in [4.78, 5) is 17.4. The summed E-state index contributed by atoms with van der Waals surface area (Å²) in [6, 6.07) is 8.09. The minimum Gasteiger partial charge on any atom is -0.379 e. The molecule has 0 aliphatic carbocycles. The van der Waals surface area contributed by atoms with Gasteiger partial charge in [-0.15, -0.1) is 0 Å². The number of benzene rings is 1. The van der Waals surface area contributed by atoms with Gasteiger partial charge in [0.1, 0.15) is 0 Å². The number of ether oxygens (including phenoxy) is 1. The molecule has 0 atom stereocenters. The van der Waals surface area contributed by atoms with Crippen molar-refractivity contribution in [3.63, 3.8) is 0 Å². The van der Waals surface area contributed by atoms with Crippen molar-refractivity contribution < 1.29 is 9.53 Å². The third kappa shape index (κ3) is 16.4. The van der Waals surface area contributed by atoms with Gasteiger partial charge in [-0.3, -0.25) is 9.69 Å². The molecule has 1 aromatic rings. The molecule has 0 spiro atoms. The van der Waals surface area contributed by atoms with Crippen LogP contribution < -0.4 is 5.32 Å². The van der Waals surface area contributed by atoms with E-state index in [1.54, 1.807) is 0 Å². The maximum atomic E-state index is 13.1. The fourth-order valence-corrected chi connectivity index (χ4v) is 5.57. The zero-order chi connectivity index (χ0) is 27.8. The fraction of sp³-hybridized carbons (Fsp3) is 0.794. The van der Waals surface area contributed by atoms with E-state index in [0.29, 0.717) is 0 Å². The predicted molar refractivity (Wildman–Crippen MR) is 167 cm³/mol. The van der Waals surface area contributed by atoms with Gasteiger partial charge in [-0.1, -0.05) is 121 Å². The Kier molecular flexibility index (Phi) is 20.2. The Labute approximate surface area is 241 Å². The van der Waals surface area contributed by atoms with Gasteiger partial charge in [-0.25, -0.2) is 0 Å². The van der Waals surface area contributed by atoms with E-state index in [1.165, 1.54) is 103 Å². The second kappa shape index (κ2) is 23.3. The summed E-state index contributed by atoms with van der Waals surface area (Å²) in [5.74, 6) is 0.136. The number of morpholine rings is 1. The third-order valence-electron chi connectivity index (χ3n) is 8.19. The van der Waals surface area contributed by atoms with Gasteiger partial charge < -0.3 is 15.0 Å². The Morgan fingerprint density at radius 3 is 1.92 bits per heavy atom. The summed E-state index contributed by atoms with van der Waals surface area (Å²) >= 11 is 0. The lowest BCUT2D eigenvalue weighted by Crippen LogP contribution is -2.38. The zero-order valence-electron chi connectivity index (χ0n) is 25.7. The molecule has 1 aliphatic heterocycles. The van der Waals surface area contributed by atoms with E-state index in [4.69, 9.17) is 4.74 Å². The van der Waals surface area contributed by atoms with E-state index in [0.717, 1.165) is 70.0 Å². The molecule has 1 fully saturated rings. The van der Waals surface area contributed by atoms with Gasteiger partial charge in [0.2, 0.25) is 0 Å². The highest BCUT2D eigenvalue weighted by molar-refractivity contribution is 5.95. The Balaban J connectivity index is 1.45. The van der Waals surface area contributed by atoms with Gasteiger partial charge in [0.15, 0.2) is 0 Å². The van der Waals surface area contributed by atoms with Gasteiger partial charge in [0.05, 0.1) is 13.2 Å². The molecule has 0 unspecified atom stereocenters. The molecule has 224 valence electrons. The van der Waals surface area contributed by atoms with Crippen LogP contribution in [0.3, 0.4) is 0 Å². The van der Waals surface area contributed by atoms with E-state index in [-0.39, 0.29) is 5.91 Å². The van der Waals surface area contributed by atoms with E-state index in [9.17, 15) is 4.79 Å². The van der Waals surface area contributed by atoms with Crippen molar-refractivity contribution in [3.05, 3.63) is 35.4 Å². The van der Waals surface area contributed by atoms with Gasteiger partial charge >= 0.3 is 0 Å². The second-order valence-corrected chi connectivity index (χ2v) is 11.7. The predicted octanol–water partition coefficient (Wildman–Crippen LogP) is 7.83. The molecular weight excluding hydrogens is 482 g/mol. The number of carbonyl (C=O) groups is 1. The minimum absolute atomic E-state index is 0.136. The quantitative estimate of drug-likeness (QED) is 0.135. The molecular formula is C34H61N3O2. The highest BCUT2D eigenvalue weighted by atomic mass is 16.5. The van der Waals surface area contributed by atoms with Crippen LogP contribution in [0.1, 0.15) is 132 Å². The molecule has 0 radical (unpaired) electrons. The standard InChI is InChI=1S/C34H61N3O2/c1-3-4-5-6-7-8-9-10-11-12-13-14-15-16-17-20-24-35-31-32-22-18-19-23-33(32)34(38)36(2)25-21-26-37-27-29-39-30-28-37/h18-19,22-23,35H,3-17,20-21,24-31H2,1-2H3. The van der Waals surface area contributed by atoms with Crippen molar-refractivity contribution in [2.24, 2.45) is 0 Å². The first-order chi connectivity index (χ1) is 19.2. The lowest BCUT2D eigenvalue weighted by Gasteiger charge is -2.27. The average molecular weight is 544 g/mol. The highest BCUT2D eigenvalue weighted by Crippen LogP contribution is 2.14. The highest BCUT2D eigenvalue weighted by Gasteiger charge is 2.16. The van der Waals surface area contributed by atoms with Crippen LogP contribution in [0.2, 0.25) is 0 Å². The first-order valence-corrected chi connectivity index (χ1v) is 16.6. The van der Waals surface area contributed by atoms with Crippen LogP contribution in [0.5, 0.6) is 0 Å². The Morgan fingerprint density at radius 1 is 0.795 bits per heavy atom. The summed E-state index contributed by atoms with van der Waals surface area (Å²) in [6.07, 6.45) is 23.4. The van der Waals surface area contributed by atoms with E-state index in [2.05, 4.69) is 23.2 Å². The van der Waals surface area contributed by atoms with Crippen molar-refractivity contribution in [3.8, 4) is 0 Å². The van der Waals surface area contributed by atoms with Crippen LogP contribution in [0, 0.1) is 0 Å². The van der Waals surface area contributed by atoms with E-state index in [1.807, 2.05) is 30.1 Å². The minimum atomic E-state index is 0.136. The molecule has 1 saturated heterocycles. The molecule has 0 bridgehead atoms. The van der Waals surface area contributed by atoms with Crippen molar-refractivity contribution in [2.75, 3.05) is 53.0 Å². The van der Waals surface area contributed by atoms with E-state index < -0.39 is 0 Å². The first-order valence-electron chi connectivity index (χ1n) is 16.6. The van der Waals surface area contributed by atoms with Crippen LogP contribution in [-0.4, -0.2) is 68.7 Å². The normalized spacial score (nSPS) is 14.1. The smallest absolute Gasteiger partial charge is 0.253 e. The first kappa shape index (κ1) is 33.8. The molecule has 5 nitrogen and oxygen atoms in total. The summed E-state index contributed by atoms with van der Waals surface area (Å²) in [5.41, 5.74) is 1.95. The summed E-state index contributed by atoms with van der Waals surface area (Å²) in [6.45, 7) is 9.57. The van der Waals surface area contributed by atoms with Crippen LogP contribution >= 0.6 is 0 Å². The number of carbonyl (C=O) groups excluding carboxylic acids is 1. The molecule has 1 amide bonds. The number of hydrogen-bond donors (Lipinski definition) is 1. The van der Waals surface area contributed by atoms with Gasteiger partial charge in [-0.2, -0.15) is 0 Å². The number of nitrogens with one attached hydrogen (secondary N) is 1. The molecule has 0 saturated carbocycles. The van der Waals surface area contributed by atoms with Gasteiger partial charge in [0.25, 0.3) is 5.91 Å². The third-order valence-corrected chi connectivity index (χ3v) is 8.19. The Hall–Kier alpha value is -1.43. The average Bonchev–Trinajstić information content (AvgIpc) is 2.97. The largest absolute Gasteiger partial charge is 0.379 e. The topological polar surface area (TPSA) is 44.8 Å². The number of nitrogens with zero attached hydrogens (tertiary/aromatic N) is 2. The molecule has 1 aromatic carbocycles.